The van der Waals surface area contributed by atoms with Gasteiger partial charge in [-0.3, -0.25) is 20.9 Å². The summed E-state index contributed by atoms with van der Waals surface area (Å²) in [6, 6.07) is 6.24. The van der Waals surface area contributed by atoms with Crippen molar-refractivity contribution in [2.24, 2.45) is 10.8 Å². The van der Waals surface area contributed by atoms with Gasteiger partial charge >= 0.3 is 0 Å². The quantitative estimate of drug-likeness (QED) is 0.316. The summed E-state index contributed by atoms with van der Waals surface area (Å²) in [5.74, 6) is -0.489. The molecule has 10 nitrogen and oxygen atoms in total. The number of amidine groups is 1. The normalized spacial score (nSPS) is 20.7. The number of hydrazone groups is 1. The largest absolute Gasteiger partial charge is 0.382 e. The Labute approximate surface area is 144 Å². The molecule has 25 heavy (non-hydrogen) atoms. The predicted molar refractivity (Wildman–Crippen MR) is 93.9 cm³/mol. The molecule has 4 N–H and O–H groups in total. The van der Waals surface area contributed by atoms with Gasteiger partial charge in [-0.2, -0.15) is 10.4 Å². The maximum Gasteiger partial charge on any atom is 0.294 e. The van der Waals surface area contributed by atoms with E-state index in [-0.39, 0.29) is 23.6 Å². The van der Waals surface area contributed by atoms with Crippen molar-refractivity contribution in [3.63, 3.8) is 0 Å². The molecule has 0 aliphatic carbocycles. The van der Waals surface area contributed by atoms with Gasteiger partial charge in [0.25, 0.3) is 5.69 Å². The van der Waals surface area contributed by atoms with Gasteiger partial charge in [-0.05, 0) is 26.0 Å². The molecule has 0 spiro atoms. The van der Waals surface area contributed by atoms with Crippen molar-refractivity contribution in [1.82, 2.24) is 0 Å². The summed E-state index contributed by atoms with van der Waals surface area (Å²) in [4.78, 5) is 12.9. The highest BCUT2D eigenvalue weighted by Gasteiger charge is 2.27. The molecule has 0 bridgehead atoms. The number of nitro benzene ring substituents is 1. The minimum atomic E-state index is -0.489. The first kappa shape index (κ1) is 18.2. The van der Waals surface area contributed by atoms with E-state index in [2.05, 4.69) is 10.5 Å². The first-order valence-electron chi connectivity index (χ1n) is 7.58. The summed E-state index contributed by atoms with van der Waals surface area (Å²) in [5.41, 5.74) is 8.15. The lowest BCUT2D eigenvalue weighted by Crippen LogP contribution is -2.45. The van der Waals surface area contributed by atoms with Crippen LogP contribution < -0.4 is 16.1 Å². The summed E-state index contributed by atoms with van der Waals surface area (Å²) in [7, 11) is 0. The second-order valence-corrected chi connectivity index (χ2v) is 5.72. The summed E-state index contributed by atoms with van der Waals surface area (Å²) in [6.07, 6.45) is -0.0565. The maximum atomic E-state index is 11.5. The van der Waals surface area contributed by atoms with E-state index >= 15 is 0 Å². The van der Waals surface area contributed by atoms with Crippen molar-refractivity contribution in [3.05, 3.63) is 28.3 Å². The topological polar surface area (TPSA) is 154 Å². The molecule has 1 heterocycles. The summed E-state index contributed by atoms with van der Waals surface area (Å²) < 4.78 is 5.66. The number of nitrogens with zero attached hydrogens (tertiary/aromatic N) is 4. The van der Waals surface area contributed by atoms with Crippen molar-refractivity contribution in [2.45, 2.75) is 26.1 Å². The smallest absolute Gasteiger partial charge is 0.294 e. The Kier molecular flexibility index (Phi) is 5.51. The molecule has 10 heteroatoms. The van der Waals surface area contributed by atoms with Crippen LogP contribution in [0.15, 0.2) is 23.3 Å². The van der Waals surface area contributed by atoms with E-state index in [9.17, 15) is 10.1 Å². The van der Waals surface area contributed by atoms with E-state index in [4.69, 9.17) is 21.1 Å². The average Bonchev–Trinajstić information content (AvgIpc) is 2.54. The van der Waals surface area contributed by atoms with Crippen molar-refractivity contribution < 1.29 is 9.66 Å². The molecule has 0 amide bonds. The molecule has 1 saturated heterocycles. The third kappa shape index (κ3) is 4.42. The van der Waals surface area contributed by atoms with Gasteiger partial charge in [0, 0.05) is 19.2 Å². The van der Waals surface area contributed by atoms with E-state index < -0.39 is 10.8 Å². The molecule has 1 aromatic carbocycles. The van der Waals surface area contributed by atoms with Crippen LogP contribution in [0.5, 0.6) is 0 Å². The maximum absolute atomic E-state index is 11.5. The van der Waals surface area contributed by atoms with Crippen LogP contribution in [0.3, 0.4) is 0 Å². The number of nitriles is 1. The number of ether oxygens (including phenoxy) is 1. The van der Waals surface area contributed by atoms with Gasteiger partial charge in [-0.25, -0.2) is 0 Å². The van der Waals surface area contributed by atoms with Crippen LogP contribution in [0.25, 0.3) is 0 Å². The van der Waals surface area contributed by atoms with Crippen LogP contribution in [-0.2, 0) is 4.74 Å². The van der Waals surface area contributed by atoms with Crippen LogP contribution in [0.1, 0.15) is 13.8 Å². The van der Waals surface area contributed by atoms with Crippen LogP contribution in [0.4, 0.5) is 17.1 Å². The fourth-order valence-corrected chi connectivity index (χ4v) is 2.65. The molecule has 2 rings (SSSR count). The van der Waals surface area contributed by atoms with Crippen molar-refractivity contribution in [3.8, 4) is 6.07 Å². The number of hydrogen-bond donors (Lipinski definition) is 3. The molecular formula is C15H19N7O3. The highest BCUT2D eigenvalue weighted by molar-refractivity contribution is 6.45. The number of nitro groups is 1. The van der Waals surface area contributed by atoms with Gasteiger partial charge in [0.05, 0.1) is 22.8 Å². The molecular weight excluding hydrogens is 326 g/mol. The Morgan fingerprint density at radius 1 is 1.52 bits per heavy atom. The van der Waals surface area contributed by atoms with E-state index in [1.54, 1.807) is 18.2 Å². The highest BCUT2D eigenvalue weighted by atomic mass is 16.6. The molecule has 1 aromatic rings. The number of hydrogen-bond acceptors (Lipinski definition) is 8. The Morgan fingerprint density at radius 3 is 2.68 bits per heavy atom. The summed E-state index contributed by atoms with van der Waals surface area (Å²) in [6.45, 7) is 4.95. The molecule has 1 aliphatic rings. The number of benzene rings is 1. The number of morpholine rings is 1. The average molecular weight is 345 g/mol. The Hall–Kier alpha value is -3.19. The zero-order valence-corrected chi connectivity index (χ0v) is 13.9. The van der Waals surface area contributed by atoms with Crippen LogP contribution in [0.2, 0.25) is 0 Å². The van der Waals surface area contributed by atoms with Gasteiger partial charge in [-0.1, -0.05) is 0 Å². The molecule has 1 fully saturated rings. The lowest BCUT2D eigenvalue weighted by Gasteiger charge is -2.36. The van der Waals surface area contributed by atoms with E-state index in [1.807, 2.05) is 18.7 Å². The lowest BCUT2D eigenvalue weighted by atomic mass is 10.1. The Morgan fingerprint density at radius 2 is 2.16 bits per heavy atom. The van der Waals surface area contributed by atoms with Crippen LogP contribution >= 0.6 is 0 Å². The molecule has 2 unspecified atom stereocenters. The van der Waals surface area contributed by atoms with Crippen LogP contribution in [-0.4, -0.2) is 41.8 Å². The van der Waals surface area contributed by atoms with E-state index in [1.165, 1.54) is 6.07 Å². The van der Waals surface area contributed by atoms with Gasteiger partial charge in [-0.15, -0.1) is 0 Å². The fraction of sp³-hybridized carbons (Fsp3) is 0.400. The fourth-order valence-electron chi connectivity index (χ4n) is 2.65. The van der Waals surface area contributed by atoms with E-state index in [0.29, 0.717) is 24.5 Å². The van der Waals surface area contributed by atoms with Crippen LogP contribution in [0, 0.1) is 26.9 Å². The third-order valence-electron chi connectivity index (χ3n) is 3.59. The SMILES string of the molecule is CC1CN(c2ccc(N/N=C(\C#N)C(=N)N)cc2[N+](=O)[O-])CC(C)O1. The standard InChI is InChI=1S/C15H19N7O3/c1-9-7-21(8-10(2)25-9)13-4-3-11(5-14(13)22(23)24)19-20-12(6-16)15(17)18/h3-5,9-10,19H,7-8H2,1-2H3,(H3,17,18)/b20-12+. The van der Waals surface area contributed by atoms with Gasteiger partial charge in [0.2, 0.25) is 5.71 Å². The first-order valence-corrected chi connectivity index (χ1v) is 7.58. The van der Waals surface area contributed by atoms with Gasteiger partial charge in [0.15, 0.2) is 5.84 Å². The molecule has 132 valence electrons. The molecule has 0 radical (unpaired) electrons. The molecule has 1 aliphatic heterocycles. The van der Waals surface area contributed by atoms with Gasteiger partial charge < -0.3 is 15.4 Å². The summed E-state index contributed by atoms with van der Waals surface area (Å²) >= 11 is 0. The van der Waals surface area contributed by atoms with Crippen molar-refractivity contribution in [2.75, 3.05) is 23.4 Å². The van der Waals surface area contributed by atoms with E-state index in [0.717, 1.165) is 0 Å². The second kappa shape index (κ2) is 7.59. The summed E-state index contributed by atoms with van der Waals surface area (Å²) in [5, 5.41) is 31.1. The number of nitrogens with one attached hydrogen (secondary N) is 2. The number of anilines is 2. The third-order valence-corrected chi connectivity index (χ3v) is 3.59. The number of rotatable bonds is 5. The molecule has 0 aromatic heterocycles. The minimum absolute atomic E-state index is 0.0282. The zero-order valence-electron chi connectivity index (χ0n) is 13.9. The Bertz CT molecular complexity index is 746. The van der Waals surface area contributed by atoms with Crippen molar-refractivity contribution in [1.29, 1.82) is 10.7 Å². The van der Waals surface area contributed by atoms with Crippen molar-refractivity contribution >= 4 is 28.6 Å². The van der Waals surface area contributed by atoms with Gasteiger partial charge in [0.1, 0.15) is 11.8 Å². The molecule has 0 saturated carbocycles. The molecule has 2 atom stereocenters. The zero-order chi connectivity index (χ0) is 18.6. The number of nitrogens with two attached hydrogens (primary N) is 1. The lowest BCUT2D eigenvalue weighted by molar-refractivity contribution is -0.384. The second-order valence-electron chi connectivity index (χ2n) is 5.72. The Balaban J connectivity index is 2.31. The highest BCUT2D eigenvalue weighted by Crippen LogP contribution is 2.33. The monoisotopic (exact) mass is 345 g/mol. The predicted octanol–water partition coefficient (Wildman–Crippen LogP) is 1.44. The minimum Gasteiger partial charge on any atom is -0.382 e. The first-order chi connectivity index (χ1) is 11.8.